The minimum absolute atomic E-state index is 0.117. The van der Waals surface area contributed by atoms with Crippen LogP contribution in [-0.4, -0.2) is 40.5 Å². The molecule has 2 rings (SSSR count). The summed E-state index contributed by atoms with van der Waals surface area (Å²) in [4.78, 5) is 29.6. The number of hydrogen-bond acceptors (Lipinski definition) is 3. The molecule has 26 heavy (non-hydrogen) atoms. The zero-order valence-electron chi connectivity index (χ0n) is 16.2. The Hall–Kier alpha value is -2.30. The molecule has 0 saturated heterocycles. The molecule has 2 aromatic rings. The third kappa shape index (κ3) is 4.87. The molecule has 0 saturated carbocycles. The van der Waals surface area contributed by atoms with Crippen LogP contribution < -0.4 is 0 Å². The van der Waals surface area contributed by atoms with Gasteiger partial charge in [-0.15, -0.1) is 0 Å². The summed E-state index contributed by atoms with van der Waals surface area (Å²) in [6, 6.07) is 8.28. The summed E-state index contributed by atoms with van der Waals surface area (Å²) < 4.78 is 5.24. The molecule has 0 unspecified atom stereocenters. The first-order valence-corrected chi connectivity index (χ1v) is 9.49. The molecule has 5 nitrogen and oxygen atoms in total. The Kier molecular flexibility index (Phi) is 7.25. The van der Waals surface area contributed by atoms with Gasteiger partial charge < -0.3 is 14.6 Å². The molecular weight excluding hydrogens is 328 g/mol. The fraction of sp³-hybridized carbons (Fsp3) is 0.524. The maximum absolute atomic E-state index is 12.5. The lowest BCUT2D eigenvalue weighted by molar-refractivity contribution is -0.154. The predicted octanol–water partition coefficient (Wildman–Crippen LogP) is 4.07. The van der Waals surface area contributed by atoms with E-state index >= 15 is 0 Å². The number of H-pyrrole nitrogens is 1. The van der Waals surface area contributed by atoms with Crippen molar-refractivity contribution in [2.24, 2.45) is 0 Å². The summed E-state index contributed by atoms with van der Waals surface area (Å²) in [6.45, 7) is 7.99. The molecule has 0 aliphatic heterocycles. The van der Waals surface area contributed by atoms with Crippen LogP contribution in [0.5, 0.6) is 0 Å². The number of benzene rings is 1. The average molecular weight is 358 g/mol. The fourth-order valence-corrected chi connectivity index (χ4v) is 3.18. The highest BCUT2D eigenvalue weighted by molar-refractivity contribution is 5.84. The predicted molar refractivity (Wildman–Crippen MR) is 104 cm³/mol. The van der Waals surface area contributed by atoms with Crippen molar-refractivity contribution in [3.05, 3.63) is 36.0 Å². The van der Waals surface area contributed by atoms with Gasteiger partial charge in [0.05, 0.1) is 0 Å². The van der Waals surface area contributed by atoms with Crippen molar-refractivity contribution in [1.29, 1.82) is 0 Å². The van der Waals surface area contributed by atoms with Crippen LogP contribution in [0.25, 0.3) is 10.9 Å². The van der Waals surface area contributed by atoms with Crippen molar-refractivity contribution in [1.82, 2.24) is 9.88 Å². The minimum Gasteiger partial charge on any atom is -0.456 e. The van der Waals surface area contributed by atoms with Gasteiger partial charge in [0.25, 0.3) is 5.91 Å². The standard InChI is InChI=1S/C21H30N2O3/c1-5-15(3)23(16(4)6-2)20(24)14-26-21(25)12-11-17-13-22-19-10-8-7-9-18(17)19/h7-10,13,15-16,22H,5-6,11-12,14H2,1-4H3/t15-,16+. The summed E-state index contributed by atoms with van der Waals surface area (Å²) in [5.41, 5.74) is 2.15. The molecule has 0 bridgehead atoms. The summed E-state index contributed by atoms with van der Waals surface area (Å²) in [6.07, 6.45) is 4.55. The van der Waals surface area contributed by atoms with Crippen LogP contribution in [0.3, 0.4) is 0 Å². The van der Waals surface area contributed by atoms with E-state index in [9.17, 15) is 9.59 Å². The highest BCUT2D eigenvalue weighted by Crippen LogP contribution is 2.19. The molecular formula is C21H30N2O3. The quantitative estimate of drug-likeness (QED) is 0.687. The van der Waals surface area contributed by atoms with E-state index in [0.717, 1.165) is 29.3 Å². The van der Waals surface area contributed by atoms with E-state index in [1.54, 1.807) is 0 Å². The molecule has 0 spiro atoms. The van der Waals surface area contributed by atoms with Gasteiger partial charge in [0, 0.05) is 35.6 Å². The summed E-state index contributed by atoms with van der Waals surface area (Å²) in [5.74, 6) is -0.453. The first-order valence-electron chi connectivity index (χ1n) is 9.49. The number of aromatic amines is 1. The largest absolute Gasteiger partial charge is 0.456 e. The number of nitrogens with zero attached hydrogens (tertiary/aromatic N) is 1. The van der Waals surface area contributed by atoms with Gasteiger partial charge >= 0.3 is 5.97 Å². The first-order chi connectivity index (χ1) is 12.5. The lowest BCUT2D eigenvalue weighted by Crippen LogP contribution is -2.46. The second-order valence-corrected chi connectivity index (χ2v) is 6.84. The number of nitrogens with one attached hydrogen (secondary N) is 1. The third-order valence-corrected chi connectivity index (χ3v) is 5.05. The monoisotopic (exact) mass is 358 g/mol. The van der Waals surface area contributed by atoms with Gasteiger partial charge in [-0.1, -0.05) is 32.0 Å². The Morgan fingerprint density at radius 1 is 1.12 bits per heavy atom. The maximum Gasteiger partial charge on any atom is 0.306 e. The Labute approximate surface area is 155 Å². The number of aryl methyl sites for hydroxylation is 1. The summed E-state index contributed by atoms with van der Waals surface area (Å²) >= 11 is 0. The lowest BCUT2D eigenvalue weighted by Gasteiger charge is -2.33. The van der Waals surface area contributed by atoms with Crippen LogP contribution in [0, 0.1) is 0 Å². The normalized spacial score (nSPS) is 13.4. The number of carbonyl (C=O) groups is 2. The molecule has 0 aliphatic carbocycles. The van der Waals surface area contributed by atoms with Gasteiger partial charge in [-0.25, -0.2) is 0 Å². The molecule has 2 atom stereocenters. The Balaban J connectivity index is 1.86. The molecule has 1 heterocycles. The fourth-order valence-electron chi connectivity index (χ4n) is 3.18. The third-order valence-electron chi connectivity index (χ3n) is 5.05. The highest BCUT2D eigenvalue weighted by atomic mass is 16.5. The maximum atomic E-state index is 12.5. The number of amides is 1. The lowest BCUT2D eigenvalue weighted by atomic mass is 10.1. The van der Waals surface area contributed by atoms with Gasteiger partial charge in [0.15, 0.2) is 6.61 Å². The molecule has 5 heteroatoms. The van der Waals surface area contributed by atoms with E-state index in [2.05, 4.69) is 18.8 Å². The zero-order chi connectivity index (χ0) is 19.1. The zero-order valence-corrected chi connectivity index (χ0v) is 16.2. The van der Waals surface area contributed by atoms with Crippen molar-refractivity contribution in [3.8, 4) is 0 Å². The van der Waals surface area contributed by atoms with Crippen LogP contribution in [-0.2, 0) is 20.7 Å². The minimum atomic E-state index is -0.336. The van der Waals surface area contributed by atoms with Gasteiger partial charge in [-0.05, 0) is 44.7 Å². The van der Waals surface area contributed by atoms with Crippen molar-refractivity contribution < 1.29 is 14.3 Å². The van der Waals surface area contributed by atoms with Crippen LogP contribution in [0.4, 0.5) is 0 Å². The number of ether oxygens (including phenoxy) is 1. The molecule has 0 radical (unpaired) electrons. The number of hydrogen-bond donors (Lipinski definition) is 1. The van der Waals surface area contributed by atoms with E-state index in [1.807, 2.05) is 49.2 Å². The topological polar surface area (TPSA) is 62.4 Å². The second-order valence-electron chi connectivity index (χ2n) is 6.84. The molecule has 142 valence electrons. The summed E-state index contributed by atoms with van der Waals surface area (Å²) in [5, 5.41) is 1.12. The Morgan fingerprint density at radius 3 is 2.42 bits per heavy atom. The number of fused-ring (bicyclic) bond motifs is 1. The number of rotatable bonds is 9. The number of carbonyl (C=O) groups excluding carboxylic acids is 2. The summed E-state index contributed by atoms with van der Waals surface area (Å²) in [7, 11) is 0. The van der Waals surface area contributed by atoms with Crippen molar-refractivity contribution in [2.75, 3.05) is 6.61 Å². The number of esters is 1. The van der Waals surface area contributed by atoms with Crippen LogP contribution >= 0.6 is 0 Å². The molecule has 0 aliphatic rings. The first kappa shape index (κ1) is 20.0. The number of aromatic nitrogens is 1. The smallest absolute Gasteiger partial charge is 0.306 e. The SMILES string of the molecule is CC[C@@H](C)N(C(=O)COC(=O)CCc1c[nH]c2ccccc12)[C@@H](C)CC. The van der Waals surface area contributed by atoms with Gasteiger partial charge in [-0.2, -0.15) is 0 Å². The van der Waals surface area contributed by atoms with E-state index < -0.39 is 0 Å². The molecule has 1 amide bonds. The Bertz CT molecular complexity index is 728. The van der Waals surface area contributed by atoms with E-state index in [0.29, 0.717) is 6.42 Å². The van der Waals surface area contributed by atoms with Crippen molar-refractivity contribution >= 4 is 22.8 Å². The van der Waals surface area contributed by atoms with E-state index in [1.165, 1.54) is 0 Å². The van der Waals surface area contributed by atoms with E-state index in [-0.39, 0.29) is 37.0 Å². The van der Waals surface area contributed by atoms with Gasteiger partial charge in [0.1, 0.15) is 0 Å². The molecule has 0 fully saturated rings. The molecule has 1 aromatic carbocycles. The van der Waals surface area contributed by atoms with Gasteiger partial charge in [0.2, 0.25) is 0 Å². The number of para-hydroxylation sites is 1. The highest BCUT2D eigenvalue weighted by Gasteiger charge is 2.24. The van der Waals surface area contributed by atoms with Crippen LogP contribution in [0.15, 0.2) is 30.5 Å². The Morgan fingerprint density at radius 2 is 1.77 bits per heavy atom. The average Bonchev–Trinajstić information content (AvgIpc) is 3.07. The van der Waals surface area contributed by atoms with E-state index in [4.69, 9.17) is 4.74 Å². The molecule has 1 aromatic heterocycles. The second kappa shape index (κ2) is 9.41. The van der Waals surface area contributed by atoms with Gasteiger partial charge in [-0.3, -0.25) is 9.59 Å². The van der Waals surface area contributed by atoms with Crippen molar-refractivity contribution in [3.63, 3.8) is 0 Å². The van der Waals surface area contributed by atoms with Crippen LogP contribution in [0.1, 0.15) is 52.5 Å². The van der Waals surface area contributed by atoms with Crippen molar-refractivity contribution in [2.45, 2.75) is 65.5 Å². The van der Waals surface area contributed by atoms with Crippen LogP contribution in [0.2, 0.25) is 0 Å². The molecule has 1 N–H and O–H groups in total.